The van der Waals surface area contributed by atoms with Crippen LogP contribution in [0.5, 0.6) is 0 Å². The summed E-state index contributed by atoms with van der Waals surface area (Å²) in [6, 6.07) is 8.37. The molecular weight excluding hydrogens is 544 g/mol. The summed E-state index contributed by atoms with van der Waals surface area (Å²) >= 11 is 0. The molecule has 39 heavy (non-hydrogen) atoms. The third kappa shape index (κ3) is 4.27. The molecule has 1 amide bonds. The van der Waals surface area contributed by atoms with E-state index in [4.69, 9.17) is 4.74 Å². The molecule has 1 aromatic carbocycles. The van der Waals surface area contributed by atoms with Crippen molar-refractivity contribution in [3.05, 3.63) is 60.3 Å². The molecule has 2 fully saturated rings. The number of hydrogen-bond acceptors (Lipinski definition) is 8. The molecule has 1 aliphatic heterocycles. The molecule has 3 atom stereocenters. The van der Waals surface area contributed by atoms with Crippen LogP contribution in [-0.4, -0.2) is 64.9 Å². The number of ether oxygens (including phenoxy) is 1. The minimum Gasteiger partial charge on any atom is -0.447 e. The first-order valence-corrected chi connectivity index (χ1v) is 15.3. The molecule has 2 aliphatic rings. The normalized spacial score (nSPS) is 22.5. The van der Waals surface area contributed by atoms with Gasteiger partial charge in [-0.1, -0.05) is 24.6 Å². The van der Waals surface area contributed by atoms with Crippen molar-refractivity contribution >= 4 is 49.2 Å². The van der Waals surface area contributed by atoms with E-state index in [1.807, 2.05) is 11.3 Å². The molecule has 12 nitrogen and oxygen atoms in total. The Labute approximate surface area is 225 Å². The van der Waals surface area contributed by atoms with Crippen molar-refractivity contribution in [2.24, 2.45) is 16.2 Å². The second kappa shape index (κ2) is 9.16. The van der Waals surface area contributed by atoms with E-state index < -0.39 is 26.3 Å². The lowest BCUT2D eigenvalue weighted by molar-refractivity contribution is 0.170. The van der Waals surface area contributed by atoms with Gasteiger partial charge >= 0.3 is 16.3 Å². The van der Waals surface area contributed by atoms with Crippen LogP contribution in [0.4, 0.5) is 4.79 Å². The first kappa shape index (κ1) is 25.5. The van der Waals surface area contributed by atoms with Crippen molar-refractivity contribution in [2.75, 3.05) is 13.2 Å². The van der Waals surface area contributed by atoms with Crippen LogP contribution in [0.2, 0.25) is 0 Å². The fraction of sp³-hybridized carbons (Fsp3) is 0.360. The fourth-order valence-electron chi connectivity index (χ4n) is 5.42. The number of benzene rings is 1. The number of rotatable bonds is 6. The maximum atomic E-state index is 13.4. The van der Waals surface area contributed by atoms with Gasteiger partial charge in [0.2, 0.25) is 0 Å². The Morgan fingerprint density at radius 3 is 2.51 bits per heavy atom. The minimum atomic E-state index is -4.15. The van der Waals surface area contributed by atoms with Crippen LogP contribution in [0.15, 0.2) is 58.2 Å². The number of aryl methyl sites for hydroxylation is 1. The second-order valence-electron chi connectivity index (χ2n) is 10.0. The lowest BCUT2D eigenvalue weighted by atomic mass is 9.97. The van der Waals surface area contributed by atoms with Crippen molar-refractivity contribution in [1.29, 1.82) is 0 Å². The molecule has 1 saturated heterocycles. The van der Waals surface area contributed by atoms with Crippen LogP contribution >= 0.6 is 0 Å². The van der Waals surface area contributed by atoms with Gasteiger partial charge in [0, 0.05) is 18.3 Å². The summed E-state index contributed by atoms with van der Waals surface area (Å²) in [6.07, 6.45) is 6.55. The SMILES string of the molecule is Cc1ccc(S(=O)(=O)n2ccc3c2ncc2cnc([C@H]4CC(C=NS(=O)(=O)N5CCOC5=O)C[C@H]4C)n23)cc1. The van der Waals surface area contributed by atoms with Gasteiger partial charge in [-0.15, -0.1) is 0 Å². The van der Waals surface area contributed by atoms with Crippen molar-refractivity contribution in [3.8, 4) is 0 Å². The highest BCUT2D eigenvalue weighted by molar-refractivity contribution is 7.90. The van der Waals surface area contributed by atoms with E-state index in [1.54, 1.807) is 42.7 Å². The van der Waals surface area contributed by atoms with Crippen LogP contribution in [0.3, 0.4) is 0 Å². The predicted octanol–water partition coefficient (Wildman–Crippen LogP) is 3.13. The summed E-state index contributed by atoms with van der Waals surface area (Å²) in [5.41, 5.74) is 2.58. The molecule has 0 bridgehead atoms. The highest BCUT2D eigenvalue weighted by Crippen LogP contribution is 2.42. The lowest BCUT2D eigenvalue weighted by Crippen LogP contribution is -2.30. The molecule has 0 N–H and O–H groups in total. The van der Waals surface area contributed by atoms with Crippen molar-refractivity contribution in [1.82, 2.24) is 22.6 Å². The summed E-state index contributed by atoms with van der Waals surface area (Å²) in [6.45, 7) is 3.92. The van der Waals surface area contributed by atoms with Gasteiger partial charge < -0.3 is 4.74 Å². The zero-order chi connectivity index (χ0) is 27.5. The van der Waals surface area contributed by atoms with Crippen LogP contribution in [-0.2, 0) is 25.0 Å². The molecule has 6 rings (SSSR count). The standard InChI is InChI=1S/C25H26N6O6S2/c1-16-3-5-20(6-4-16)38(33,34)29-8-7-22-24(29)27-15-19-14-26-23(31(19)22)21-12-18(11-17(21)2)13-28-39(35,36)30-9-10-37-25(30)32/h3-8,13-15,17-18,21H,9-12H2,1-2H3/t17-,18?,21+/m1/s1. The number of cyclic esters (lactones) is 1. The van der Waals surface area contributed by atoms with E-state index in [0.29, 0.717) is 22.7 Å². The Balaban J connectivity index is 1.33. The average Bonchev–Trinajstić information content (AvgIpc) is 3.68. The van der Waals surface area contributed by atoms with Gasteiger partial charge in [0.25, 0.3) is 10.0 Å². The van der Waals surface area contributed by atoms with E-state index >= 15 is 0 Å². The van der Waals surface area contributed by atoms with Crippen molar-refractivity contribution < 1.29 is 26.4 Å². The van der Waals surface area contributed by atoms with Gasteiger partial charge in [0.15, 0.2) is 5.65 Å². The third-order valence-electron chi connectivity index (χ3n) is 7.42. The van der Waals surface area contributed by atoms with Gasteiger partial charge in [-0.25, -0.2) is 27.2 Å². The number of carbonyl (C=O) groups is 1. The van der Waals surface area contributed by atoms with Crippen molar-refractivity contribution in [2.45, 2.75) is 37.5 Å². The summed E-state index contributed by atoms with van der Waals surface area (Å²) in [4.78, 5) is 20.9. The Kier molecular flexibility index (Phi) is 5.99. The van der Waals surface area contributed by atoms with Crippen LogP contribution < -0.4 is 0 Å². The first-order chi connectivity index (χ1) is 18.6. The minimum absolute atomic E-state index is 0.0143. The van der Waals surface area contributed by atoms with Crippen LogP contribution in [0.1, 0.15) is 37.1 Å². The maximum absolute atomic E-state index is 13.4. The Hall–Kier alpha value is -3.78. The quantitative estimate of drug-likeness (QED) is 0.322. The van der Waals surface area contributed by atoms with Crippen LogP contribution in [0, 0.1) is 18.8 Å². The van der Waals surface area contributed by atoms with E-state index in [9.17, 15) is 21.6 Å². The predicted molar refractivity (Wildman–Crippen MR) is 142 cm³/mol. The maximum Gasteiger partial charge on any atom is 0.425 e. The molecule has 3 aromatic heterocycles. The Morgan fingerprint density at radius 1 is 1.05 bits per heavy atom. The molecule has 1 unspecified atom stereocenters. The molecule has 4 heterocycles. The highest BCUT2D eigenvalue weighted by atomic mass is 32.2. The monoisotopic (exact) mass is 570 g/mol. The van der Waals surface area contributed by atoms with E-state index in [-0.39, 0.29) is 41.4 Å². The number of imidazole rings is 1. The number of amides is 1. The first-order valence-electron chi connectivity index (χ1n) is 12.5. The van der Waals surface area contributed by atoms with Crippen LogP contribution in [0.25, 0.3) is 16.7 Å². The average molecular weight is 571 g/mol. The van der Waals surface area contributed by atoms with Gasteiger partial charge in [0.1, 0.15) is 12.4 Å². The largest absolute Gasteiger partial charge is 0.447 e. The molecule has 0 radical (unpaired) electrons. The molecule has 0 spiro atoms. The fourth-order valence-corrected chi connectivity index (χ4v) is 7.70. The molecule has 1 saturated carbocycles. The molecule has 14 heteroatoms. The van der Waals surface area contributed by atoms with E-state index in [0.717, 1.165) is 16.9 Å². The Morgan fingerprint density at radius 2 is 1.79 bits per heavy atom. The Bertz CT molecular complexity index is 1840. The highest BCUT2D eigenvalue weighted by Gasteiger charge is 2.37. The van der Waals surface area contributed by atoms with E-state index in [2.05, 4.69) is 21.3 Å². The van der Waals surface area contributed by atoms with Gasteiger partial charge in [-0.05, 0) is 49.8 Å². The summed E-state index contributed by atoms with van der Waals surface area (Å²) in [7, 11) is -8.01. The topological polar surface area (TPSA) is 145 Å². The summed E-state index contributed by atoms with van der Waals surface area (Å²) in [5.74, 6) is 0.714. The second-order valence-corrected chi connectivity index (χ2v) is 13.4. The van der Waals surface area contributed by atoms with Gasteiger partial charge in [-0.3, -0.25) is 4.40 Å². The number of carbonyl (C=O) groups excluding carboxylic acids is 1. The number of hydrogen-bond donors (Lipinski definition) is 0. The summed E-state index contributed by atoms with van der Waals surface area (Å²) < 4.78 is 63.9. The lowest BCUT2D eigenvalue weighted by Gasteiger charge is -2.15. The zero-order valence-corrected chi connectivity index (χ0v) is 22.8. The smallest absolute Gasteiger partial charge is 0.425 e. The van der Waals surface area contributed by atoms with Gasteiger partial charge in [-0.2, -0.15) is 17.1 Å². The number of aromatic nitrogens is 4. The van der Waals surface area contributed by atoms with Gasteiger partial charge in [0.05, 0.1) is 34.9 Å². The molecule has 4 aromatic rings. The molecular formula is C25H26N6O6S2. The van der Waals surface area contributed by atoms with Crippen molar-refractivity contribution in [3.63, 3.8) is 0 Å². The zero-order valence-electron chi connectivity index (χ0n) is 21.2. The summed E-state index contributed by atoms with van der Waals surface area (Å²) in [5, 5.41) is 0. The van der Waals surface area contributed by atoms with E-state index in [1.165, 1.54) is 16.4 Å². The molecule has 1 aliphatic carbocycles. The number of nitrogens with zero attached hydrogens (tertiary/aromatic N) is 6. The molecule has 204 valence electrons. The third-order valence-corrected chi connectivity index (χ3v) is 10.4. The number of fused-ring (bicyclic) bond motifs is 3.